The Balaban J connectivity index is 2.15. The van der Waals surface area contributed by atoms with Crippen LogP contribution in [0.15, 0.2) is 53.0 Å². The lowest BCUT2D eigenvalue weighted by Crippen LogP contribution is -2.14. The number of hydrogen-bond acceptors (Lipinski definition) is 3. The maximum Gasteiger partial charge on any atom is 0.119 e. The normalized spacial score (nSPS) is 11.9. The highest BCUT2D eigenvalue weighted by Gasteiger charge is 2.11. The van der Waals surface area contributed by atoms with Crippen LogP contribution in [0.1, 0.15) is 18.5 Å². The van der Waals surface area contributed by atoms with Crippen molar-refractivity contribution in [1.82, 2.24) is 0 Å². The SMILES string of the molecule is CCOc1cccc(C(CO)Nc2ccc(Br)cc2)c1. The molecule has 2 N–H and O–H groups in total. The fraction of sp³-hybridized carbons (Fsp3) is 0.250. The number of hydrogen-bond donors (Lipinski definition) is 2. The molecule has 0 spiro atoms. The average Bonchev–Trinajstić information content (AvgIpc) is 2.47. The van der Waals surface area contributed by atoms with Gasteiger partial charge in [0.15, 0.2) is 0 Å². The van der Waals surface area contributed by atoms with Crippen LogP contribution in [0.3, 0.4) is 0 Å². The molecule has 0 radical (unpaired) electrons. The monoisotopic (exact) mass is 335 g/mol. The standard InChI is InChI=1S/C16H18BrNO2/c1-2-20-15-5-3-4-12(10-15)16(11-19)18-14-8-6-13(17)7-9-14/h3-10,16,18-19H,2,11H2,1H3. The number of aliphatic hydroxyl groups is 1. The van der Waals surface area contributed by atoms with Gasteiger partial charge in [-0.1, -0.05) is 28.1 Å². The van der Waals surface area contributed by atoms with E-state index in [0.29, 0.717) is 6.61 Å². The van der Waals surface area contributed by atoms with Gasteiger partial charge in [0.1, 0.15) is 5.75 Å². The van der Waals surface area contributed by atoms with E-state index in [2.05, 4.69) is 21.2 Å². The molecular weight excluding hydrogens is 318 g/mol. The van der Waals surface area contributed by atoms with Crippen molar-refractivity contribution in [2.75, 3.05) is 18.5 Å². The summed E-state index contributed by atoms with van der Waals surface area (Å²) in [6.45, 7) is 2.61. The third-order valence-electron chi connectivity index (χ3n) is 2.94. The van der Waals surface area contributed by atoms with Crippen LogP contribution in [0.4, 0.5) is 5.69 Å². The molecule has 0 aromatic heterocycles. The van der Waals surface area contributed by atoms with Crippen molar-refractivity contribution in [1.29, 1.82) is 0 Å². The highest BCUT2D eigenvalue weighted by Crippen LogP contribution is 2.24. The number of benzene rings is 2. The van der Waals surface area contributed by atoms with Crippen LogP contribution >= 0.6 is 15.9 Å². The summed E-state index contributed by atoms with van der Waals surface area (Å²) in [6, 6.07) is 15.5. The van der Waals surface area contributed by atoms with Gasteiger partial charge in [-0.15, -0.1) is 0 Å². The van der Waals surface area contributed by atoms with Crippen LogP contribution in [0.2, 0.25) is 0 Å². The molecule has 0 saturated carbocycles. The topological polar surface area (TPSA) is 41.5 Å². The van der Waals surface area contributed by atoms with E-state index in [1.54, 1.807) is 0 Å². The van der Waals surface area contributed by atoms with E-state index in [-0.39, 0.29) is 12.6 Å². The van der Waals surface area contributed by atoms with Crippen molar-refractivity contribution in [3.63, 3.8) is 0 Å². The van der Waals surface area contributed by atoms with Crippen molar-refractivity contribution < 1.29 is 9.84 Å². The van der Waals surface area contributed by atoms with Crippen LogP contribution in [-0.4, -0.2) is 18.3 Å². The fourth-order valence-corrected chi connectivity index (χ4v) is 2.23. The zero-order chi connectivity index (χ0) is 14.4. The van der Waals surface area contributed by atoms with Gasteiger partial charge in [-0.25, -0.2) is 0 Å². The first kappa shape index (κ1) is 14.9. The molecule has 4 heteroatoms. The Morgan fingerprint density at radius 2 is 1.95 bits per heavy atom. The number of aliphatic hydroxyl groups excluding tert-OH is 1. The summed E-state index contributed by atoms with van der Waals surface area (Å²) in [5.74, 6) is 0.820. The molecule has 2 rings (SSSR count). The highest BCUT2D eigenvalue weighted by molar-refractivity contribution is 9.10. The number of anilines is 1. The Morgan fingerprint density at radius 3 is 2.60 bits per heavy atom. The molecule has 0 saturated heterocycles. The molecule has 2 aromatic rings. The lowest BCUT2D eigenvalue weighted by molar-refractivity contribution is 0.275. The van der Waals surface area contributed by atoms with E-state index in [1.165, 1.54) is 0 Å². The maximum atomic E-state index is 9.60. The highest BCUT2D eigenvalue weighted by atomic mass is 79.9. The number of ether oxygens (including phenoxy) is 1. The fourth-order valence-electron chi connectivity index (χ4n) is 1.97. The van der Waals surface area contributed by atoms with E-state index in [0.717, 1.165) is 21.5 Å². The minimum absolute atomic E-state index is 0.0195. The predicted molar refractivity (Wildman–Crippen MR) is 85.2 cm³/mol. The van der Waals surface area contributed by atoms with Crippen LogP contribution in [0.25, 0.3) is 0 Å². The van der Waals surface area contributed by atoms with Gasteiger partial charge >= 0.3 is 0 Å². The molecule has 0 aliphatic rings. The largest absolute Gasteiger partial charge is 0.494 e. The second kappa shape index (κ2) is 7.31. The van der Waals surface area contributed by atoms with E-state index < -0.39 is 0 Å². The summed E-state index contributed by atoms with van der Waals surface area (Å²) in [6.07, 6.45) is 0. The quantitative estimate of drug-likeness (QED) is 0.838. The van der Waals surface area contributed by atoms with Gasteiger partial charge in [-0.05, 0) is 48.9 Å². The molecule has 3 nitrogen and oxygen atoms in total. The minimum Gasteiger partial charge on any atom is -0.494 e. The van der Waals surface area contributed by atoms with E-state index in [4.69, 9.17) is 4.74 Å². The molecule has 2 aromatic carbocycles. The van der Waals surface area contributed by atoms with Crippen molar-refractivity contribution in [3.8, 4) is 5.75 Å². The van der Waals surface area contributed by atoms with Crippen LogP contribution in [0.5, 0.6) is 5.75 Å². The van der Waals surface area contributed by atoms with Gasteiger partial charge in [0.25, 0.3) is 0 Å². The summed E-state index contributed by atoms with van der Waals surface area (Å²) in [7, 11) is 0. The number of rotatable bonds is 6. The van der Waals surface area contributed by atoms with Gasteiger partial charge in [0.05, 0.1) is 19.3 Å². The molecule has 0 bridgehead atoms. The first-order valence-electron chi connectivity index (χ1n) is 6.58. The number of halogens is 1. The third kappa shape index (κ3) is 3.99. The van der Waals surface area contributed by atoms with E-state index >= 15 is 0 Å². The summed E-state index contributed by atoms with van der Waals surface area (Å²) >= 11 is 3.41. The van der Waals surface area contributed by atoms with Gasteiger partial charge in [-0.2, -0.15) is 0 Å². The Bertz CT molecular complexity index is 542. The van der Waals surface area contributed by atoms with Crippen LogP contribution < -0.4 is 10.1 Å². The zero-order valence-electron chi connectivity index (χ0n) is 11.3. The lowest BCUT2D eigenvalue weighted by Gasteiger charge is -2.19. The molecule has 20 heavy (non-hydrogen) atoms. The second-order valence-corrected chi connectivity index (χ2v) is 5.31. The summed E-state index contributed by atoms with van der Waals surface area (Å²) < 4.78 is 6.52. The predicted octanol–water partition coefficient (Wildman–Crippen LogP) is 3.99. The first-order valence-corrected chi connectivity index (χ1v) is 7.38. The summed E-state index contributed by atoms with van der Waals surface area (Å²) in [4.78, 5) is 0. The molecule has 0 amide bonds. The lowest BCUT2D eigenvalue weighted by atomic mass is 10.1. The van der Waals surface area contributed by atoms with Gasteiger partial charge < -0.3 is 15.2 Å². The molecule has 0 aliphatic heterocycles. The molecule has 106 valence electrons. The van der Waals surface area contributed by atoms with Crippen molar-refractivity contribution in [3.05, 3.63) is 58.6 Å². The molecule has 0 fully saturated rings. The summed E-state index contributed by atoms with van der Waals surface area (Å²) in [5.41, 5.74) is 1.97. The Labute approximate surface area is 127 Å². The Kier molecular flexibility index (Phi) is 5.44. The first-order chi connectivity index (χ1) is 9.72. The zero-order valence-corrected chi connectivity index (χ0v) is 12.9. The number of nitrogens with one attached hydrogen (secondary N) is 1. The molecular formula is C16H18BrNO2. The molecule has 0 aliphatic carbocycles. The third-order valence-corrected chi connectivity index (χ3v) is 3.47. The van der Waals surface area contributed by atoms with Gasteiger partial charge in [0, 0.05) is 10.2 Å². The Morgan fingerprint density at radius 1 is 1.20 bits per heavy atom. The Hall–Kier alpha value is -1.52. The smallest absolute Gasteiger partial charge is 0.119 e. The van der Waals surface area contributed by atoms with Crippen LogP contribution in [0, 0.1) is 0 Å². The van der Waals surface area contributed by atoms with Crippen LogP contribution in [-0.2, 0) is 0 Å². The van der Waals surface area contributed by atoms with Gasteiger partial charge in [0.2, 0.25) is 0 Å². The van der Waals surface area contributed by atoms with Gasteiger partial charge in [-0.3, -0.25) is 0 Å². The van der Waals surface area contributed by atoms with E-state index in [9.17, 15) is 5.11 Å². The average molecular weight is 336 g/mol. The molecule has 1 atom stereocenters. The van der Waals surface area contributed by atoms with E-state index in [1.807, 2.05) is 55.5 Å². The maximum absolute atomic E-state index is 9.60. The van der Waals surface area contributed by atoms with Crippen molar-refractivity contribution >= 4 is 21.6 Å². The van der Waals surface area contributed by atoms with Crippen molar-refractivity contribution in [2.45, 2.75) is 13.0 Å². The minimum atomic E-state index is -0.156. The second-order valence-electron chi connectivity index (χ2n) is 4.39. The summed E-state index contributed by atoms with van der Waals surface area (Å²) in [5, 5.41) is 12.9. The molecule has 0 heterocycles. The molecule has 1 unspecified atom stereocenters. The van der Waals surface area contributed by atoms with Crippen molar-refractivity contribution in [2.24, 2.45) is 0 Å².